The molecular weight excluding hydrogens is 348 g/mol. The molecule has 1 aliphatic carbocycles. The summed E-state index contributed by atoms with van der Waals surface area (Å²) in [6.07, 6.45) is 4.86. The molecule has 1 N–H and O–H groups in total. The summed E-state index contributed by atoms with van der Waals surface area (Å²) >= 11 is 0. The number of carbonyl (C=O) groups excluding carboxylic acids is 2. The number of amides is 2. The Morgan fingerprint density at radius 2 is 1.68 bits per heavy atom. The van der Waals surface area contributed by atoms with Crippen LogP contribution in [0.2, 0.25) is 0 Å². The van der Waals surface area contributed by atoms with E-state index in [1.54, 1.807) is 0 Å². The molecule has 1 aliphatic heterocycles. The molecule has 0 unspecified atom stereocenters. The maximum Gasteiger partial charge on any atom is 0.225 e. The Hall–Kier alpha value is -2.62. The third-order valence-electron chi connectivity index (χ3n) is 6.00. The van der Waals surface area contributed by atoms with Crippen LogP contribution in [-0.4, -0.2) is 35.8 Å². The quantitative estimate of drug-likeness (QED) is 0.842. The van der Waals surface area contributed by atoms with Crippen molar-refractivity contribution in [1.29, 1.82) is 0 Å². The van der Waals surface area contributed by atoms with E-state index in [1.165, 1.54) is 16.7 Å². The van der Waals surface area contributed by atoms with Crippen LogP contribution in [0.1, 0.15) is 36.0 Å². The van der Waals surface area contributed by atoms with Gasteiger partial charge in [0.25, 0.3) is 0 Å². The SMILES string of the molecule is O=C(NC1Cc2ccccc2C1)[C@@H]1CCC(=O)N(CCCc2ccccc2)C1. The molecule has 28 heavy (non-hydrogen) atoms. The van der Waals surface area contributed by atoms with E-state index in [4.69, 9.17) is 0 Å². The Balaban J connectivity index is 1.27. The van der Waals surface area contributed by atoms with Gasteiger partial charge in [-0.25, -0.2) is 0 Å². The average Bonchev–Trinajstić information content (AvgIpc) is 3.12. The van der Waals surface area contributed by atoms with E-state index in [0.717, 1.165) is 32.2 Å². The van der Waals surface area contributed by atoms with Gasteiger partial charge in [-0.2, -0.15) is 0 Å². The summed E-state index contributed by atoms with van der Waals surface area (Å²) < 4.78 is 0. The number of rotatable bonds is 6. The van der Waals surface area contributed by atoms with E-state index in [1.807, 2.05) is 23.1 Å². The van der Waals surface area contributed by atoms with Crippen LogP contribution >= 0.6 is 0 Å². The predicted octanol–water partition coefficient (Wildman–Crippen LogP) is 3.14. The van der Waals surface area contributed by atoms with Crippen LogP contribution in [-0.2, 0) is 28.9 Å². The first-order valence-electron chi connectivity index (χ1n) is 10.4. The molecule has 146 valence electrons. The van der Waals surface area contributed by atoms with E-state index < -0.39 is 0 Å². The molecule has 0 radical (unpaired) electrons. The molecule has 4 heteroatoms. The molecule has 0 aromatic heterocycles. The summed E-state index contributed by atoms with van der Waals surface area (Å²) in [6, 6.07) is 18.9. The second-order valence-corrected chi connectivity index (χ2v) is 8.05. The van der Waals surface area contributed by atoms with E-state index >= 15 is 0 Å². The fraction of sp³-hybridized carbons (Fsp3) is 0.417. The van der Waals surface area contributed by atoms with Gasteiger partial charge >= 0.3 is 0 Å². The zero-order valence-electron chi connectivity index (χ0n) is 16.3. The fourth-order valence-corrected chi connectivity index (χ4v) is 4.44. The smallest absolute Gasteiger partial charge is 0.225 e. The molecule has 1 atom stereocenters. The molecule has 2 aromatic carbocycles. The van der Waals surface area contributed by atoms with Crippen LogP contribution in [0.5, 0.6) is 0 Å². The highest BCUT2D eigenvalue weighted by Crippen LogP contribution is 2.23. The Morgan fingerprint density at radius 1 is 1.00 bits per heavy atom. The molecular formula is C24H28N2O2. The zero-order chi connectivity index (χ0) is 19.3. The fourth-order valence-electron chi connectivity index (χ4n) is 4.44. The number of hydrogen-bond donors (Lipinski definition) is 1. The molecule has 1 saturated heterocycles. The highest BCUT2D eigenvalue weighted by atomic mass is 16.2. The Bertz CT molecular complexity index is 809. The van der Waals surface area contributed by atoms with Crippen LogP contribution in [0.15, 0.2) is 54.6 Å². The monoisotopic (exact) mass is 376 g/mol. The number of nitrogens with one attached hydrogen (secondary N) is 1. The summed E-state index contributed by atoms with van der Waals surface area (Å²) in [4.78, 5) is 27.0. The van der Waals surface area contributed by atoms with Gasteiger partial charge in [-0.15, -0.1) is 0 Å². The van der Waals surface area contributed by atoms with Crippen molar-refractivity contribution in [3.05, 3.63) is 71.3 Å². The largest absolute Gasteiger partial charge is 0.352 e. The molecule has 4 nitrogen and oxygen atoms in total. The molecule has 2 amide bonds. The molecule has 2 aromatic rings. The first kappa shape index (κ1) is 18.7. The highest BCUT2D eigenvalue weighted by Gasteiger charge is 2.32. The van der Waals surface area contributed by atoms with Crippen LogP contribution in [0.3, 0.4) is 0 Å². The molecule has 4 rings (SSSR count). The maximum atomic E-state index is 12.8. The highest BCUT2D eigenvalue weighted by molar-refractivity contribution is 5.84. The van der Waals surface area contributed by atoms with Gasteiger partial charge in [0, 0.05) is 25.6 Å². The number of carbonyl (C=O) groups is 2. The van der Waals surface area contributed by atoms with Crippen molar-refractivity contribution in [2.75, 3.05) is 13.1 Å². The second kappa shape index (κ2) is 8.59. The molecule has 1 heterocycles. The number of likely N-dealkylation sites (tertiary alicyclic amines) is 1. The van der Waals surface area contributed by atoms with Gasteiger partial charge in [-0.05, 0) is 48.8 Å². The summed E-state index contributed by atoms with van der Waals surface area (Å²) in [7, 11) is 0. The Morgan fingerprint density at radius 3 is 2.39 bits per heavy atom. The van der Waals surface area contributed by atoms with Crippen molar-refractivity contribution < 1.29 is 9.59 Å². The number of hydrogen-bond acceptors (Lipinski definition) is 2. The van der Waals surface area contributed by atoms with Crippen LogP contribution < -0.4 is 5.32 Å². The van der Waals surface area contributed by atoms with Gasteiger partial charge in [0.05, 0.1) is 5.92 Å². The van der Waals surface area contributed by atoms with Crippen LogP contribution in [0.4, 0.5) is 0 Å². The summed E-state index contributed by atoms with van der Waals surface area (Å²) in [5.41, 5.74) is 3.98. The maximum absolute atomic E-state index is 12.8. The first-order chi connectivity index (χ1) is 13.7. The van der Waals surface area contributed by atoms with Crippen molar-refractivity contribution in [3.8, 4) is 0 Å². The number of nitrogens with zero attached hydrogens (tertiary/aromatic N) is 1. The lowest BCUT2D eigenvalue weighted by molar-refractivity contribution is -0.138. The van der Waals surface area contributed by atoms with E-state index in [2.05, 4.69) is 41.7 Å². The van der Waals surface area contributed by atoms with Crippen molar-refractivity contribution in [2.45, 2.75) is 44.6 Å². The van der Waals surface area contributed by atoms with E-state index in [9.17, 15) is 9.59 Å². The lowest BCUT2D eigenvalue weighted by atomic mass is 9.95. The Labute approximate surface area is 166 Å². The number of piperidine rings is 1. The second-order valence-electron chi connectivity index (χ2n) is 8.05. The van der Waals surface area contributed by atoms with E-state index in [-0.39, 0.29) is 23.8 Å². The number of benzene rings is 2. The van der Waals surface area contributed by atoms with Crippen molar-refractivity contribution in [3.63, 3.8) is 0 Å². The zero-order valence-corrected chi connectivity index (χ0v) is 16.3. The van der Waals surface area contributed by atoms with Crippen molar-refractivity contribution >= 4 is 11.8 Å². The first-order valence-corrected chi connectivity index (χ1v) is 10.4. The molecule has 1 fully saturated rings. The third-order valence-corrected chi connectivity index (χ3v) is 6.00. The van der Waals surface area contributed by atoms with Gasteiger partial charge in [-0.1, -0.05) is 54.6 Å². The van der Waals surface area contributed by atoms with Gasteiger partial charge in [0.1, 0.15) is 0 Å². The standard InChI is InChI=1S/C24H28N2O2/c27-23-13-12-21(17-26(23)14-6-9-18-7-2-1-3-8-18)24(28)25-22-15-19-10-4-5-11-20(19)16-22/h1-5,7-8,10-11,21-22H,6,9,12-17H2,(H,25,28)/t21-/m1/s1. The topological polar surface area (TPSA) is 49.4 Å². The summed E-state index contributed by atoms with van der Waals surface area (Å²) in [5.74, 6) is 0.210. The summed E-state index contributed by atoms with van der Waals surface area (Å²) in [6.45, 7) is 1.28. The van der Waals surface area contributed by atoms with Crippen LogP contribution in [0, 0.1) is 5.92 Å². The molecule has 0 bridgehead atoms. The van der Waals surface area contributed by atoms with Gasteiger partial charge in [-0.3, -0.25) is 9.59 Å². The van der Waals surface area contributed by atoms with Crippen LogP contribution in [0.25, 0.3) is 0 Å². The van der Waals surface area contributed by atoms with Crippen molar-refractivity contribution in [2.24, 2.45) is 5.92 Å². The number of aryl methyl sites for hydroxylation is 1. The molecule has 2 aliphatic rings. The number of fused-ring (bicyclic) bond motifs is 1. The minimum Gasteiger partial charge on any atom is -0.352 e. The molecule has 0 spiro atoms. The molecule has 0 saturated carbocycles. The average molecular weight is 377 g/mol. The predicted molar refractivity (Wildman–Crippen MR) is 110 cm³/mol. The minimum absolute atomic E-state index is 0.0851. The van der Waals surface area contributed by atoms with Gasteiger partial charge in [0.2, 0.25) is 11.8 Å². The van der Waals surface area contributed by atoms with Crippen molar-refractivity contribution in [1.82, 2.24) is 10.2 Å². The van der Waals surface area contributed by atoms with Gasteiger partial charge < -0.3 is 10.2 Å². The van der Waals surface area contributed by atoms with E-state index in [0.29, 0.717) is 19.4 Å². The lowest BCUT2D eigenvalue weighted by Crippen LogP contribution is -2.48. The third kappa shape index (κ3) is 4.44. The Kier molecular flexibility index (Phi) is 5.75. The summed E-state index contributed by atoms with van der Waals surface area (Å²) in [5, 5.41) is 3.24. The lowest BCUT2D eigenvalue weighted by Gasteiger charge is -2.32. The van der Waals surface area contributed by atoms with Gasteiger partial charge in [0.15, 0.2) is 0 Å². The minimum atomic E-state index is -0.0851. The normalized spacial score (nSPS) is 19.5.